The summed E-state index contributed by atoms with van der Waals surface area (Å²) in [5.41, 5.74) is 6.90. The summed E-state index contributed by atoms with van der Waals surface area (Å²) < 4.78 is 0. The molecule has 0 aliphatic carbocycles. The lowest BCUT2D eigenvalue weighted by Gasteiger charge is -2.23. The molecule has 0 radical (unpaired) electrons. The maximum atomic E-state index is 12.4. The van der Waals surface area contributed by atoms with Crippen LogP contribution >= 0.6 is 15.9 Å². The number of halogens is 1. The van der Waals surface area contributed by atoms with Gasteiger partial charge < -0.3 is 10.8 Å². The van der Waals surface area contributed by atoms with Crippen LogP contribution in [0.3, 0.4) is 0 Å². The van der Waals surface area contributed by atoms with Crippen LogP contribution in [0.2, 0.25) is 0 Å². The third-order valence-corrected chi connectivity index (χ3v) is 4.57. The summed E-state index contributed by atoms with van der Waals surface area (Å²) >= 11 is 3.37. The van der Waals surface area contributed by atoms with E-state index in [-0.39, 0.29) is 33.3 Å². The number of ketones is 1. The Labute approximate surface area is 123 Å². The van der Waals surface area contributed by atoms with Crippen molar-refractivity contribution in [3.63, 3.8) is 0 Å². The van der Waals surface area contributed by atoms with Crippen LogP contribution in [0.5, 0.6) is 5.75 Å². The van der Waals surface area contributed by atoms with Crippen molar-refractivity contribution >= 4 is 27.4 Å². The normalized spacial score (nSPS) is 13.6. The fraction of sp³-hybridized carbons (Fsp3) is 0.533. The van der Waals surface area contributed by atoms with Gasteiger partial charge in [0, 0.05) is 11.3 Å². The first-order valence-electron chi connectivity index (χ1n) is 6.37. The maximum absolute atomic E-state index is 12.4. The van der Waals surface area contributed by atoms with E-state index in [1.807, 2.05) is 34.6 Å². The number of phenolic OH excluding ortho intramolecular Hbond substituents is 1. The van der Waals surface area contributed by atoms with Gasteiger partial charge in [-0.05, 0) is 17.4 Å². The standard InChI is InChI=1S/C15H22BrNO2/c1-8(2)12(16)14(19)11-10(17)7-6-9(13(11)18)15(3,4)5/h6-8,12,18H,17H2,1-5H3. The first-order chi connectivity index (χ1) is 8.57. The molecule has 1 aromatic rings. The second kappa shape index (κ2) is 5.53. The highest BCUT2D eigenvalue weighted by molar-refractivity contribution is 9.10. The summed E-state index contributed by atoms with van der Waals surface area (Å²) in [6.45, 7) is 9.85. The molecule has 0 aromatic heterocycles. The molecule has 106 valence electrons. The number of hydrogen-bond donors (Lipinski definition) is 2. The number of rotatable bonds is 3. The third-order valence-electron chi connectivity index (χ3n) is 3.10. The predicted octanol–water partition coefficient (Wildman–Crippen LogP) is 3.87. The van der Waals surface area contributed by atoms with Crippen molar-refractivity contribution in [1.82, 2.24) is 0 Å². The zero-order valence-corrected chi connectivity index (χ0v) is 13.7. The Morgan fingerprint density at radius 1 is 1.32 bits per heavy atom. The fourth-order valence-corrected chi connectivity index (χ4v) is 2.14. The number of anilines is 1. The molecule has 3 nitrogen and oxygen atoms in total. The molecule has 4 heteroatoms. The van der Waals surface area contributed by atoms with Gasteiger partial charge >= 0.3 is 0 Å². The summed E-state index contributed by atoms with van der Waals surface area (Å²) in [4.78, 5) is 12.1. The zero-order chi connectivity index (χ0) is 15.0. The number of carbonyl (C=O) groups is 1. The largest absolute Gasteiger partial charge is 0.507 e. The smallest absolute Gasteiger partial charge is 0.182 e. The van der Waals surface area contributed by atoms with Crippen LogP contribution in [0.25, 0.3) is 0 Å². The van der Waals surface area contributed by atoms with Crippen molar-refractivity contribution in [2.45, 2.75) is 44.9 Å². The summed E-state index contributed by atoms with van der Waals surface area (Å²) in [5, 5.41) is 10.4. The van der Waals surface area contributed by atoms with Crippen LogP contribution in [0.15, 0.2) is 12.1 Å². The van der Waals surface area contributed by atoms with Gasteiger partial charge in [-0.3, -0.25) is 4.79 Å². The molecule has 0 spiro atoms. The lowest BCUT2D eigenvalue weighted by molar-refractivity contribution is 0.0976. The van der Waals surface area contributed by atoms with E-state index in [2.05, 4.69) is 15.9 Å². The van der Waals surface area contributed by atoms with Gasteiger partial charge in [0.25, 0.3) is 0 Å². The number of Topliss-reactive ketones (excluding diaryl/α,β-unsaturated/α-hetero) is 1. The molecule has 1 aromatic carbocycles. The minimum atomic E-state index is -0.351. The van der Waals surface area contributed by atoms with Crippen molar-refractivity contribution in [2.75, 3.05) is 5.73 Å². The molecular weight excluding hydrogens is 306 g/mol. The number of aromatic hydroxyl groups is 1. The molecule has 3 N–H and O–H groups in total. The summed E-state index contributed by atoms with van der Waals surface area (Å²) in [6, 6.07) is 3.47. The molecule has 0 aliphatic heterocycles. The quantitative estimate of drug-likeness (QED) is 0.503. The van der Waals surface area contributed by atoms with Crippen LogP contribution in [0.1, 0.15) is 50.5 Å². The SMILES string of the molecule is CC(C)C(Br)C(=O)c1c(N)ccc(C(C)(C)C)c1O. The summed E-state index contributed by atoms with van der Waals surface area (Å²) in [7, 11) is 0. The number of nitrogen functional groups attached to an aromatic ring is 1. The molecule has 1 rings (SSSR count). The van der Waals surface area contributed by atoms with Crippen LogP contribution in [0.4, 0.5) is 5.69 Å². The van der Waals surface area contributed by atoms with Crippen LogP contribution in [-0.4, -0.2) is 15.7 Å². The van der Waals surface area contributed by atoms with Gasteiger partial charge in [-0.2, -0.15) is 0 Å². The predicted molar refractivity (Wildman–Crippen MR) is 83.1 cm³/mol. The topological polar surface area (TPSA) is 63.3 Å². The van der Waals surface area contributed by atoms with Crippen molar-refractivity contribution in [1.29, 1.82) is 0 Å². The van der Waals surface area contributed by atoms with E-state index in [9.17, 15) is 9.90 Å². The Balaban J connectivity index is 3.40. The second-order valence-corrected chi connectivity index (χ2v) is 7.17. The minimum Gasteiger partial charge on any atom is -0.507 e. The Morgan fingerprint density at radius 2 is 1.84 bits per heavy atom. The molecule has 0 heterocycles. The molecule has 1 unspecified atom stereocenters. The van der Waals surface area contributed by atoms with E-state index >= 15 is 0 Å². The molecule has 19 heavy (non-hydrogen) atoms. The average Bonchev–Trinajstić information content (AvgIpc) is 2.25. The molecule has 1 atom stereocenters. The Kier molecular flexibility index (Phi) is 4.67. The van der Waals surface area contributed by atoms with Crippen molar-refractivity contribution in [3.05, 3.63) is 23.3 Å². The van der Waals surface area contributed by atoms with Crippen LogP contribution in [0, 0.1) is 5.92 Å². The van der Waals surface area contributed by atoms with Crippen molar-refractivity contribution in [3.8, 4) is 5.75 Å². The van der Waals surface area contributed by atoms with Crippen LogP contribution < -0.4 is 5.73 Å². The highest BCUT2D eigenvalue weighted by Gasteiger charge is 2.28. The van der Waals surface area contributed by atoms with E-state index in [1.54, 1.807) is 12.1 Å². The Hall–Kier alpha value is -1.03. The minimum absolute atomic E-state index is 0.00241. The molecule has 0 aliphatic rings. The van der Waals surface area contributed by atoms with Gasteiger partial charge in [-0.25, -0.2) is 0 Å². The highest BCUT2D eigenvalue weighted by atomic mass is 79.9. The van der Waals surface area contributed by atoms with Gasteiger partial charge in [-0.1, -0.05) is 56.6 Å². The van der Waals surface area contributed by atoms with E-state index in [4.69, 9.17) is 5.73 Å². The van der Waals surface area contributed by atoms with Gasteiger partial charge in [0.15, 0.2) is 5.78 Å². The van der Waals surface area contributed by atoms with E-state index < -0.39 is 0 Å². The lowest BCUT2D eigenvalue weighted by atomic mass is 9.83. The molecular formula is C15H22BrNO2. The van der Waals surface area contributed by atoms with Gasteiger partial charge in [0.05, 0.1) is 10.4 Å². The molecule has 0 bridgehead atoms. The van der Waals surface area contributed by atoms with Crippen molar-refractivity contribution < 1.29 is 9.90 Å². The Bertz CT molecular complexity index is 490. The maximum Gasteiger partial charge on any atom is 0.182 e. The lowest BCUT2D eigenvalue weighted by Crippen LogP contribution is -2.22. The number of carbonyl (C=O) groups excluding carboxylic acids is 1. The summed E-state index contributed by atoms with van der Waals surface area (Å²) in [6.07, 6.45) is 0. The monoisotopic (exact) mass is 327 g/mol. The number of phenols is 1. The second-order valence-electron chi connectivity index (χ2n) is 6.19. The molecule has 0 fully saturated rings. The first-order valence-corrected chi connectivity index (χ1v) is 7.29. The highest BCUT2D eigenvalue weighted by Crippen LogP contribution is 2.37. The van der Waals surface area contributed by atoms with Gasteiger partial charge in [-0.15, -0.1) is 0 Å². The molecule has 0 saturated heterocycles. The van der Waals surface area contributed by atoms with E-state index in [1.165, 1.54) is 0 Å². The van der Waals surface area contributed by atoms with E-state index in [0.717, 1.165) is 5.56 Å². The average molecular weight is 328 g/mol. The number of hydrogen-bond acceptors (Lipinski definition) is 3. The Morgan fingerprint density at radius 3 is 2.26 bits per heavy atom. The first kappa shape index (κ1) is 16.0. The summed E-state index contributed by atoms with van der Waals surface area (Å²) in [5.74, 6) is -0.0386. The number of nitrogens with two attached hydrogens (primary N) is 1. The third kappa shape index (κ3) is 3.30. The number of benzene rings is 1. The fourth-order valence-electron chi connectivity index (χ4n) is 1.91. The zero-order valence-electron chi connectivity index (χ0n) is 12.1. The van der Waals surface area contributed by atoms with Gasteiger partial charge in [0.1, 0.15) is 5.75 Å². The molecule has 0 saturated carbocycles. The number of alkyl halides is 1. The van der Waals surface area contributed by atoms with Crippen molar-refractivity contribution in [2.24, 2.45) is 5.92 Å². The van der Waals surface area contributed by atoms with E-state index in [0.29, 0.717) is 5.69 Å². The molecule has 0 amide bonds. The van der Waals surface area contributed by atoms with Gasteiger partial charge in [0.2, 0.25) is 0 Å². The van der Waals surface area contributed by atoms with Crippen LogP contribution in [-0.2, 0) is 5.41 Å².